The van der Waals surface area contributed by atoms with Crippen molar-refractivity contribution in [3.8, 4) is 11.5 Å². The number of amides is 1. The Morgan fingerprint density at radius 3 is 2.28 bits per heavy atom. The third-order valence-electron chi connectivity index (χ3n) is 4.50. The van der Waals surface area contributed by atoms with Gasteiger partial charge in [-0.05, 0) is 65.6 Å². The van der Waals surface area contributed by atoms with E-state index in [1.54, 1.807) is 30.3 Å². The van der Waals surface area contributed by atoms with Crippen LogP contribution in [0.15, 0.2) is 77.9 Å². The van der Waals surface area contributed by atoms with Crippen molar-refractivity contribution < 1.29 is 23.5 Å². The molecule has 0 atom stereocenters. The Labute approximate surface area is 185 Å². The zero-order chi connectivity index (χ0) is 22.9. The number of carbonyl (C=O) groups is 2. The van der Waals surface area contributed by atoms with E-state index < -0.39 is 17.7 Å². The predicted octanol–water partition coefficient (Wildman–Crippen LogP) is 4.70. The van der Waals surface area contributed by atoms with Gasteiger partial charge in [-0.2, -0.15) is 5.10 Å². The van der Waals surface area contributed by atoms with Gasteiger partial charge in [0.25, 0.3) is 5.91 Å². The summed E-state index contributed by atoms with van der Waals surface area (Å²) in [6.45, 7) is 4.05. The molecule has 0 saturated heterocycles. The lowest BCUT2D eigenvalue weighted by Crippen LogP contribution is -2.24. The van der Waals surface area contributed by atoms with Gasteiger partial charge in [0.1, 0.15) is 17.3 Å². The molecule has 0 aliphatic carbocycles. The molecule has 0 aliphatic heterocycles. The Kier molecular flexibility index (Phi) is 7.70. The van der Waals surface area contributed by atoms with E-state index in [-0.39, 0.29) is 17.9 Å². The number of ether oxygens (including phenoxy) is 2. The number of carbonyl (C=O) groups excluding carboxylic acids is 2. The first-order valence-electron chi connectivity index (χ1n) is 10.0. The quantitative estimate of drug-likeness (QED) is 0.241. The molecular weight excluding hydrogens is 411 g/mol. The van der Waals surface area contributed by atoms with Crippen LogP contribution >= 0.6 is 0 Å². The van der Waals surface area contributed by atoms with Crippen LogP contribution < -0.4 is 14.9 Å². The molecule has 0 heterocycles. The van der Waals surface area contributed by atoms with E-state index in [4.69, 9.17) is 9.47 Å². The van der Waals surface area contributed by atoms with Crippen LogP contribution in [0.1, 0.15) is 41.3 Å². The molecule has 0 fully saturated rings. The van der Waals surface area contributed by atoms with E-state index in [0.717, 1.165) is 0 Å². The Hall–Kier alpha value is -4.00. The zero-order valence-corrected chi connectivity index (χ0v) is 17.7. The number of esters is 1. The number of hydrazone groups is 1. The smallest absolute Gasteiger partial charge is 0.346 e. The first-order valence-corrected chi connectivity index (χ1v) is 10.0. The topological polar surface area (TPSA) is 77.0 Å². The van der Waals surface area contributed by atoms with Gasteiger partial charge in [0.2, 0.25) is 0 Å². The van der Waals surface area contributed by atoms with Gasteiger partial charge in [-0.3, -0.25) is 4.79 Å². The summed E-state index contributed by atoms with van der Waals surface area (Å²) < 4.78 is 24.3. The first kappa shape index (κ1) is 22.7. The summed E-state index contributed by atoms with van der Waals surface area (Å²) in [4.78, 5) is 23.9. The molecule has 3 aromatic rings. The lowest BCUT2D eigenvalue weighted by Gasteiger charge is -2.08. The van der Waals surface area contributed by atoms with Crippen LogP contribution in [0, 0.1) is 5.82 Å². The standard InChI is InChI=1S/C25H23FN2O4/c1-17(2)19-9-13-20(14-10-19)31-16-24(29)28-27-15-18-7-11-21(12-8-18)32-25(30)22-5-3-4-6-23(22)26/h3-15,17H,16H2,1-2H3,(H,28,29)/b27-15+. The largest absolute Gasteiger partial charge is 0.484 e. The van der Waals surface area contributed by atoms with E-state index in [1.165, 1.54) is 30.0 Å². The summed E-state index contributed by atoms with van der Waals surface area (Å²) in [5, 5.41) is 3.88. The molecule has 0 spiro atoms. The van der Waals surface area contributed by atoms with Crippen LogP contribution in [0.2, 0.25) is 0 Å². The SMILES string of the molecule is CC(C)c1ccc(OCC(=O)N/N=C/c2ccc(OC(=O)c3ccccc3F)cc2)cc1. The third kappa shape index (κ3) is 6.50. The number of benzene rings is 3. The van der Waals surface area contributed by atoms with Crippen LogP contribution in [0.5, 0.6) is 11.5 Å². The van der Waals surface area contributed by atoms with E-state index in [9.17, 15) is 14.0 Å². The van der Waals surface area contributed by atoms with Crippen molar-refractivity contribution in [3.63, 3.8) is 0 Å². The summed E-state index contributed by atoms with van der Waals surface area (Å²) in [5.74, 6) is -0.533. The van der Waals surface area contributed by atoms with Gasteiger partial charge in [-0.15, -0.1) is 0 Å². The van der Waals surface area contributed by atoms with Gasteiger partial charge < -0.3 is 9.47 Å². The van der Waals surface area contributed by atoms with Crippen LogP contribution in [0.25, 0.3) is 0 Å². The molecule has 0 aliphatic rings. The lowest BCUT2D eigenvalue weighted by atomic mass is 10.0. The molecule has 3 aromatic carbocycles. The van der Waals surface area contributed by atoms with Crippen LogP contribution in [-0.2, 0) is 4.79 Å². The predicted molar refractivity (Wildman–Crippen MR) is 120 cm³/mol. The monoisotopic (exact) mass is 434 g/mol. The van der Waals surface area contributed by atoms with Gasteiger partial charge in [0.05, 0.1) is 11.8 Å². The van der Waals surface area contributed by atoms with Crippen molar-refractivity contribution >= 4 is 18.1 Å². The highest BCUT2D eigenvalue weighted by atomic mass is 19.1. The average molecular weight is 434 g/mol. The average Bonchev–Trinajstić information content (AvgIpc) is 2.79. The second-order valence-electron chi connectivity index (χ2n) is 7.24. The summed E-state index contributed by atoms with van der Waals surface area (Å²) >= 11 is 0. The van der Waals surface area contributed by atoms with E-state index in [1.807, 2.05) is 24.3 Å². The highest BCUT2D eigenvalue weighted by Gasteiger charge is 2.13. The molecule has 0 bridgehead atoms. The fraction of sp³-hybridized carbons (Fsp3) is 0.160. The van der Waals surface area contributed by atoms with Gasteiger partial charge in [-0.25, -0.2) is 14.6 Å². The molecule has 0 radical (unpaired) electrons. The number of hydrogen-bond acceptors (Lipinski definition) is 5. The Morgan fingerprint density at radius 2 is 1.62 bits per heavy atom. The van der Waals surface area contributed by atoms with Crippen molar-refractivity contribution in [2.24, 2.45) is 5.10 Å². The molecule has 3 rings (SSSR count). The van der Waals surface area contributed by atoms with Crippen molar-refractivity contribution in [1.29, 1.82) is 0 Å². The maximum atomic E-state index is 13.6. The number of nitrogens with one attached hydrogen (secondary N) is 1. The highest BCUT2D eigenvalue weighted by Crippen LogP contribution is 2.18. The number of rotatable bonds is 8. The normalized spacial score (nSPS) is 10.9. The second kappa shape index (κ2) is 10.9. The van der Waals surface area contributed by atoms with Crippen molar-refractivity contribution in [3.05, 3.63) is 95.3 Å². The molecule has 1 amide bonds. The minimum absolute atomic E-state index is 0.140. The van der Waals surface area contributed by atoms with Crippen LogP contribution in [0.4, 0.5) is 4.39 Å². The second-order valence-corrected chi connectivity index (χ2v) is 7.24. The molecule has 32 heavy (non-hydrogen) atoms. The lowest BCUT2D eigenvalue weighted by molar-refractivity contribution is -0.123. The van der Waals surface area contributed by atoms with Crippen LogP contribution in [0.3, 0.4) is 0 Å². The molecule has 7 heteroatoms. The molecular formula is C25H23FN2O4. The van der Waals surface area contributed by atoms with Gasteiger partial charge in [0.15, 0.2) is 6.61 Å². The number of nitrogens with zero attached hydrogens (tertiary/aromatic N) is 1. The van der Waals surface area contributed by atoms with Crippen molar-refractivity contribution in [2.75, 3.05) is 6.61 Å². The molecule has 0 saturated carbocycles. The molecule has 1 N–H and O–H groups in total. The Bertz CT molecular complexity index is 1090. The summed E-state index contributed by atoms with van der Waals surface area (Å²) in [7, 11) is 0. The molecule has 0 aromatic heterocycles. The Balaban J connectivity index is 1.45. The molecule has 6 nitrogen and oxygen atoms in total. The number of halogens is 1. The van der Waals surface area contributed by atoms with E-state index in [2.05, 4.69) is 24.4 Å². The molecule has 164 valence electrons. The maximum absolute atomic E-state index is 13.6. The van der Waals surface area contributed by atoms with E-state index >= 15 is 0 Å². The van der Waals surface area contributed by atoms with Gasteiger partial charge >= 0.3 is 5.97 Å². The fourth-order valence-electron chi connectivity index (χ4n) is 2.72. The fourth-order valence-corrected chi connectivity index (χ4v) is 2.72. The summed E-state index contributed by atoms with van der Waals surface area (Å²) in [6.07, 6.45) is 1.44. The Morgan fingerprint density at radius 1 is 0.969 bits per heavy atom. The first-order chi connectivity index (χ1) is 15.4. The highest BCUT2D eigenvalue weighted by molar-refractivity contribution is 5.91. The van der Waals surface area contributed by atoms with Crippen molar-refractivity contribution in [1.82, 2.24) is 5.43 Å². The zero-order valence-electron chi connectivity index (χ0n) is 17.7. The maximum Gasteiger partial charge on any atom is 0.346 e. The minimum Gasteiger partial charge on any atom is -0.484 e. The molecule has 0 unspecified atom stereocenters. The van der Waals surface area contributed by atoms with Gasteiger partial charge in [-0.1, -0.05) is 38.1 Å². The number of hydrogen-bond donors (Lipinski definition) is 1. The van der Waals surface area contributed by atoms with Crippen molar-refractivity contribution in [2.45, 2.75) is 19.8 Å². The summed E-state index contributed by atoms with van der Waals surface area (Å²) in [5.41, 5.74) is 4.11. The van der Waals surface area contributed by atoms with Crippen LogP contribution in [-0.4, -0.2) is 24.7 Å². The summed E-state index contributed by atoms with van der Waals surface area (Å²) in [6, 6.07) is 19.6. The minimum atomic E-state index is -0.782. The van der Waals surface area contributed by atoms with E-state index in [0.29, 0.717) is 17.2 Å². The third-order valence-corrected chi connectivity index (χ3v) is 4.50. The van der Waals surface area contributed by atoms with Gasteiger partial charge in [0, 0.05) is 0 Å².